The number of carbonyl (C=O) groups is 2. The van der Waals surface area contributed by atoms with Crippen molar-refractivity contribution in [3.05, 3.63) is 48.0 Å². The highest BCUT2D eigenvalue weighted by Crippen LogP contribution is 2.18. The molecular weight excluding hydrogens is 412 g/mol. The summed E-state index contributed by atoms with van der Waals surface area (Å²) in [5, 5.41) is 5.16. The van der Waals surface area contributed by atoms with Crippen molar-refractivity contribution in [1.82, 2.24) is 10.2 Å². The third kappa shape index (κ3) is 9.45. The highest BCUT2D eigenvalue weighted by Gasteiger charge is 2.28. The van der Waals surface area contributed by atoms with Crippen LogP contribution < -0.4 is 5.32 Å². The molecule has 182 valence electrons. The van der Waals surface area contributed by atoms with Crippen LogP contribution in [0.5, 0.6) is 0 Å². The first kappa shape index (κ1) is 26.7. The second-order valence-electron chi connectivity index (χ2n) is 9.82. The molecule has 0 saturated heterocycles. The van der Waals surface area contributed by atoms with E-state index in [-0.39, 0.29) is 5.91 Å². The Balaban J connectivity index is 2.24. The molecule has 0 aromatic heterocycles. The van der Waals surface area contributed by atoms with Crippen molar-refractivity contribution >= 4 is 22.8 Å². The van der Waals surface area contributed by atoms with Crippen molar-refractivity contribution in [2.45, 2.75) is 91.2 Å². The van der Waals surface area contributed by atoms with Gasteiger partial charge in [0.25, 0.3) is 0 Å². The van der Waals surface area contributed by atoms with Gasteiger partial charge in [-0.15, -0.1) is 0 Å². The van der Waals surface area contributed by atoms with E-state index in [0.29, 0.717) is 6.42 Å². The van der Waals surface area contributed by atoms with Gasteiger partial charge in [-0.2, -0.15) is 0 Å². The zero-order chi connectivity index (χ0) is 24.3. The van der Waals surface area contributed by atoms with Gasteiger partial charge in [0.1, 0.15) is 11.6 Å². The van der Waals surface area contributed by atoms with Crippen molar-refractivity contribution in [3.8, 4) is 0 Å². The molecule has 1 atom stereocenters. The standard InChI is InChI=1S/C28H42N2O3/c1-6-8-12-18-30(19-13-9-7-2)26(31)25(29-27(32)33-28(3,4)5)21-22-16-17-23-14-10-11-15-24(23)20-22/h10-11,14-17,20,25H,6-9,12-13,18-19,21H2,1-5H3,(H,29,32)/t25-/m1/s1. The van der Waals surface area contributed by atoms with Gasteiger partial charge in [-0.1, -0.05) is 82.0 Å². The molecule has 0 fully saturated rings. The number of ether oxygens (including phenoxy) is 1. The number of alkyl carbamates (subject to hydrolysis) is 1. The molecule has 0 spiro atoms. The van der Waals surface area contributed by atoms with E-state index in [2.05, 4.69) is 43.4 Å². The quantitative estimate of drug-likeness (QED) is 0.373. The zero-order valence-corrected chi connectivity index (χ0v) is 21.2. The Morgan fingerprint density at radius 1 is 0.909 bits per heavy atom. The van der Waals surface area contributed by atoms with Crippen LogP contribution in [-0.2, 0) is 16.0 Å². The van der Waals surface area contributed by atoms with Crippen molar-refractivity contribution in [1.29, 1.82) is 0 Å². The predicted molar refractivity (Wildman–Crippen MR) is 136 cm³/mol. The first-order valence-electron chi connectivity index (χ1n) is 12.5. The second-order valence-corrected chi connectivity index (χ2v) is 9.82. The summed E-state index contributed by atoms with van der Waals surface area (Å²) in [4.78, 5) is 28.2. The maximum atomic E-state index is 13.7. The van der Waals surface area contributed by atoms with Crippen LogP contribution in [0.3, 0.4) is 0 Å². The summed E-state index contributed by atoms with van der Waals surface area (Å²) in [6.07, 6.45) is 6.22. The lowest BCUT2D eigenvalue weighted by atomic mass is 10.0. The molecule has 0 heterocycles. The number of fused-ring (bicyclic) bond motifs is 1. The van der Waals surface area contributed by atoms with E-state index in [4.69, 9.17) is 4.74 Å². The van der Waals surface area contributed by atoms with E-state index in [0.717, 1.165) is 68.0 Å². The van der Waals surface area contributed by atoms with Gasteiger partial charge in [-0.25, -0.2) is 4.79 Å². The molecule has 0 aliphatic rings. The second kappa shape index (κ2) is 13.2. The average molecular weight is 455 g/mol. The molecular formula is C28H42N2O3. The molecule has 0 bridgehead atoms. The van der Waals surface area contributed by atoms with Crippen LogP contribution in [0.1, 0.15) is 78.7 Å². The summed E-state index contributed by atoms with van der Waals surface area (Å²) in [5.41, 5.74) is 0.396. The maximum Gasteiger partial charge on any atom is 0.408 e. The molecule has 0 aliphatic carbocycles. The first-order valence-corrected chi connectivity index (χ1v) is 12.5. The highest BCUT2D eigenvalue weighted by atomic mass is 16.6. The minimum absolute atomic E-state index is 0.0266. The van der Waals surface area contributed by atoms with Gasteiger partial charge in [-0.05, 0) is 49.9 Å². The molecule has 2 amide bonds. The molecule has 2 aromatic carbocycles. The van der Waals surface area contributed by atoms with E-state index < -0.39 is 17.7 Å². The van der Waals surface area contributed by atoms with Gasteiger partial charge >= 0.3 is 6.09 Å². The van der Waals surface area contributed by atoms with Gasteiger partial charge < -0.3 is 15.0 Å². The molecule has 5 heteroatoms. The lowest BCUT2D eigenvalue weighted by Gasteiger charge is -2.29. The Bertz CT molecular complexity index is 878. The summed E-state index contributed by atoms with van der Waals surface area (Å²) in [6.45, 7) is 11.3. The Morgan fingerprint density at radius 2 is 1.52 bits per heavy atom. The minimum Gasteiger partial charge on any atom is -0.444 e. The summed E-state index contributed by atoms with van der Waals surface area (Å²) in [6, 6.07) is 13.7. The smallest absolute Gasteiger partial charge is 0.408 e. The largest absolute Gasteiger partial charge is 0.444 e. The van der Waals surface area contributed by atoms with Crippen LogP contribution in [0.4, 0.5) is 4.79 Å². The molecule has 5 nitrogen and oxygen atoms in total. The van der Waals surface area contributed by atoms with Crippen molar-refractivity contribution in [2.75, 3.05) is 13.1 Å². The SMILES string of the molecule is CCCCCN(CCCCC)C(=O)[C@@H](Cc1ccc2ccccc2c1)NC(=O)OC(C)(C)C. The summed E-state index contributed by atoms with van der Waals surface area (Å²) >= 11 is 0. The third-order valence-electron chi connectivity index (χ3n) is 5.62. The molecule has 0 aliphatic heterocycles. The van der Waals surface area contributed by atoms with Crippen molar-refractivity contribution < 1.29 is 14.3 Å². The van der Waals surface area contributed by atoms with E-state index in [1.54, 1.807) is 0 Å². The van der Waals surface area contributed by atoms with Crippen LogP contribution in [0.25, 0.3) is 10.8 Å². The molecule has 33 heavy (non-hydrogen) atoms. The number of hydrogen-bond acceptors (Lipinski definition) is 3. The normalized spacial score (nSPS) is 12.4. The minimum atomic E-state index is -0.663. The van der Waals surface area contributed by atoms with Crippen molar-refractivity contribution in [2.24, 2.45) is 0 Å². The molecule has 2 aromatic rings. The number of benzene rings is 2. The predicted octanol–water partition coefficient (Wildman–Crippen LogP) is 6.48. The topological polar surface area (TPSA) is 58.6 Å². The fourth-order valence-electron chi connectivity index (χ4n) is 3.91. The van der Waals surface area contributed by atoms with E-state index in [9.17, 15) is 9.59 Å². The highest BCUT2D eigenvalue weighted by molar-refractivity contribution is 5.87. The van der Waals surface area contributed by atoms with Gasteiger partial charge in [-0.3, -0.25) is 4.79 Å². The third-order valence-corrected chi connectivity index (χ3v) is 5.62. The Morgan fingerprint density at radius 3 is 2.09 bits per heavy atom. The van der Waals surface area contributed by atoms with E-state index in [1.807, 2.05) is 43.9 Å². The number of nitrogens with zero attached hydrogens (tertiary/aromatic N) is 1. The number of amides is 2. The Kier molecular flexibility index (Phi) is 10.7. The lowest BCUT2D eigenvalue weighted by Crippen LogP contribution is -2.51. The summed E-state index contributed by atoms with van der Waals surface area (Å²) in [7, 11) is 0. The van der Waals surface area contributed by atoms with Crippen LogP contribution in [0.15, 0.2) is 42.5 Å². The van der Waals surface area contributed by atoms with Gasteiger partial charge in [0.2, 0.25) is 5.91 Å². The number of rotatable bonds is 12. The van der Waals surface area contributed by atoms with Crippen LogP contribution in [0.2, 0.25) is 0 Å². The van der Waals surface area contributed by atoms with Crippen LogP contribution in [0, 0.1) is 0 Å². The Labute approximate surface area is 199 Å². The van der Waals surface area contributed by atoms with E-state index >= 15 is 0 Å². The number of unbranched alkanes of at least 4 members (excludes halogenated alkanes) is 4. The van der Waals surface area contributed by atoms with Gasteiger partial charge in [0, 0.05) is 19.5 Å². The lowest BCUT2D eigenvalue weighted by molar-refractivity contribution is -0.133. The van der Waals surface area contributed by atoms with Crippen LogP contribution in [-0.4, -0.2) is 41.6 Å². The van der Waals surface area contributed by atoms with Gasteiger partial charge in [0.05, 0.1) is 0 Å². The monoisotopic (exact) mass is 454 g/mol. The van der Waals surface area contributed by atoms with Crippen LogP contribution >= 0.6 is 0 Å². The number of hydrogen-bond donors (Lipinski definition) is 1. The molecule has 0 unspecified atom stereocenters. The fraction of sp³-hybridized carbons (Fsp3) is 0.571. The average Bonchev–Trinajstić information content (AvgIpc) is 2.76. The molecule has 0 saturated carbocycles. The zero-order valence-electron chi connectivity index (χ0n) is 21.2. The fourth-order valence-corrected chi connectivity index (χ4v) is 3.91. The number of carbonyl (C=O) groups excluding carboxylic acids is 2. The molecule has 2 rings (SSSR count). The maximum absolute atomic E-state index is 13.7. The first-order chi connectivity index (χ1) is 15.7. The summed E-state index contributed by atoms with van der Waals surface area (Å²) in [5.74, 6) is -0.0266. The molecule has 0 radical (unpaired) electrons. The van der Waals surface area contributed by atoms with E-state index in [1.165, 1.54) is 0 Å². The van der Waals surface area contributed by atoms with Gasteiger partial charge in [0.15, 0.2) is 0 Å². The number of nitrogens with one attached hydrogen (secondary N) is 1. The van der Waals surface area contributed by atoms with Crippen molar-refractivity contribution in [3.63, 3.8) is 0 Å². The molecule has 1 N–H and O–H groups in total. The summed E-state index contributed by atoms with van der Waals surface area (Å²) < 4.78 is 5.48. The Hall–Kier alpha value is -2.56.